The van der Waals surface area contributed by atoms with Crippen LogP contribution in [0.1, 0.15) is 17.3 Å². The molecular weight excluding hydrogens is 270 g/mol. The lowest BCUT2D eigenvalue weighted by molar-refractivity contribution is -0.164. The number of alkyl halides is 2. The van der Waals surface area contributed by atoms with Crippen molar-refractivity contribution < 1.29 is 23.1 Å². The van der Waals surface area contributed by atoms with E-state index in [1.807, 2.05) is 0 Å². The first-order valence-corrected chi connectivity index (χ1v) is 5.77. The second-order valence-electron chi connectivity index (χ2n) is 3.88. The van der Waals surface area contributed by atoms with E-state index in [1.165, 1.54) is 31.5 Å². The number of rotatable bonds is 4. The highest BCUT2D eigenvalue weighted by molar-refractivity contribution is 6.14. The van der Waals surface area contributed by atoms with Crippen LogP contribution in [0, 0.1) is 0 Å². The van der Waals surface area contributed by atoms with Crippen molar-refractivity contribution in [3.05, 3.63) is 36.2 Å². The number of aromatic nitrogens is 2. The van der Waals surface area contributed by atoms with Gasteiger partial charge in [0.15, 0.2) is 0 Å². The van der Waals surface area contributed by atoms with Gasteiger partial charge in [-0.2, -0.15) is 8.78 Å². The van der Waals surface area contributed by atoms with Crippen LogP contribution in [0.3, 0.4) is 0 Å². The number of carbonyl (C=O) groups is 2. The molecule has 1 aromatic carbocycles. The Balaban J connectivity index is 2.37. The van der Waals surface area contributed by atoms with Gasteiger partial charge in [0.1, 0.15) is 0 Å². The first-order chi connectivity index (χ1) is 9.46. The summed E-state index contributed by atoms with van der Waals surface area (Å²) < 4.78 is 31.4. The first kappa shape index (κ1) is 14.0. The van der Waals surface area contributed by atoms with Crippen molar-refractivity contribution in [2.75, 3.05) is 6.61 Å². The topological polar surface area (TPSA) is 69.2 Å². The van der Waals surface area contributed by atoms with Crippen molar-refractivity contribution in [3.63, 3.8) is 0 Å². The maximum absolute atomic E-state index is 13.6. The molecule has 104 valence electrons. The fourth-order valence-electron chi connectivity index (χ4n) is 1.60. The number of fused-ring (bicyclic) bond motifs is 1. The maximum atomic E-state index is 13.6. The molecule has 0 aliphatic heterocycles. The van der Waals surface area contributed by atoms with Gasteiger partial charge in [0.25, 0.3) is 0 Å². The fraction of sp³-hybridized carbons (Fsp3) is 0.231. The molecule has 2 rings (SSSR count). The molecule has 0 amide bonds. The second-order valence-corrected chi connectivity index (χ2v) is 3.88. The van der Waals surface area contributed by atoms with Gasteiger partial charge in [-0.3, -0.25) is 14.8 Å². The number of benzene rings is 1. The van der Waals surface area contributed by atoms with E-state index in [2.05, 4.69) is 14.7 Å². The van der Waals surface area contributed by atoms with Crippen LogP contribution in [0.2, 0.25) is 0 Å². The smallest absolute Gasteiger partial charge is 0.404 e. The van der Waals surface area contributed by atoms with Crippen molar-refractivity contribution in [1.29, 1.82) is 0 Å². The van der Waals surface area contributed by atoms with Gasteiger partial charge in [-0.25, -0.2) is 4.79 Å². The molecule has 0 bridgehead atoms. The SMILES string of the molecule is CCOC(=O)C(F)(F)C(=O)c1ccc2nccnc2c1. The molecule has 0 aliphatic rings. The summed E-state index contributed by atoms with van der Waals surface area (Å²) in [5.41, 5.74) is 0.428. The zero-order chi connectivity index (χ0) is 14.8. The lowest BCUT2D eigenvalue weighted by Gasteiger charge is -2.13. The highest BCUT2D eigenvalue weighted by atomic mass is 19.3. The van der Waals surface area contributed by atoms with Gasteiger partial charge in [-0.15, -0.1) is 0 Å². The van der Waals surface area contributed by atoms with E-state index in [1.54, 1.807) is 0 Å². The number of esters is 1. The fourth-order valence-corrected chi connectivity index (χ4v) is 1.60. The zero-order valence-electron chi connectivity index (χ0n) is 10.5. The van der Waals surface area contributed by atoms with Crippen molar-refractivity contribution in [2.24, 2.45) is 0 Å². The Morgan fingerprint density at radius 2 is 1.85 bits per heavy atom. The summed E-state index contributed by atoms with van der Waals surface area (Å²) in [5, 5.41) is 0. The van der Waals surface area contributed by atoms with E-state index in [-0.39, 0.29) is 17.7 Å². The highest BCUT2D eigenvalue weighted by Crippen LogP contribution is 2.23. The minimum Gasteiger partial charge on any atom is -0.461 e. The standard InChI is InChI=1S/C13H10F2N2O3/c1-2-20-12(19)13(14,15)11(18)8-3-4-9-10(7-8)17-6-5-16-9/h3-7H,2H2,1H3. The molecular formula is C13H10F2N2O3. The normalized spacial score (nSPS) is 11.3. The molecule has 2 aromatic rings. The predicted molar refractivity (Wildman–Crippen MR) is 65.4 cm³/mol. The van der Waals surface area contributed by atoms with Gasteiger partial charge in [0.2, 0.25) is 5.78 Å². The van der Waals surface area contributed by atoms with Gasteiger partial charge in [-0.1, -0.05) is 0 Å². The van der Waals surface area contributed by atoms with Crippen LogP contribution in [0.4, 0.5) is 8.78 Å². The molecule has 0 atom stereocenters. The van der Waals surface area contributed by atoms with E-state index in [0.29, 0.717) is 5.52 Å². The van der Waals surface area contributed by atoms with Crippen molar-refractivity contribution in [1.82, 2.24) is 9.97 Å². The summed E-state index contributed by atoms with van der Waals surface area (Å²) in [7, 11) is 0. The van der Waals surface area contributed by atoms with Crippen LogP contribution in [0.5, 0.6) is 0 Å². The highest BCUT2D eigenvalue weighted by Gasteiger charge is 2.49. The lowest BCUT2D eigenvalue weighted by Crippen LogP contribution is -2.39. The second kappa shape index (κ2) is 5.28. The monoisotopic (exact) mass is 280 g/mol. The van der Waals surface area contributed by atoms with Crippen LogP contribution in [0.25, 0.3) is 11.0 Å². The van der Waals surface area contributed by atoms with Gasteiger partial charge in [0.05, 0.1) is 17.6 Å². The summed E-state index contributed by atoms with van der Waals surface area (Å²) in [6, 6.07) is 3.72. The number of ether oxygens (including phenoxy) is 1. The minimum absolute atomic E-state index is 0.231. The molecule has 1 aromatic heterocycles. The Labute approximate surface area is 112 Å². The molecule has 7 heteroatoms. The van der Waals surface area contributed by atoms with Crippen LogP contribution >= 0.6 is 0 Å². The Bertz CT molecular complexity index is 673. The minimum atomic E-state index is -4.22. The van der Waals surface area contributed by atoms with Crippen LogP contribution in [-0.4, -0.2) is 34.2 Å². The third-order valence-electron chi connectivity index (χ3n) is 2.55. The molecule has 0 spiro atoms. The summed E-state index contributed by atoms with van der Waals surface area (Å²) >= 11 is 0. The molecule has 0 N–H and O–H groups in total. The average Bonchev–Trinajstić information content (AvgIpc) is 2.46. The van der Waals surface area contributed by atoms with E-state index in [4.69, 9.17) is 0 Å². The molecule has 5 nitrogen and oxygen atoms in total. The number of halogens is 2. The quantitative estimate of drug-likeness (QED) is 0.487. The molecule has 0 aliphatic carbocycles. The molecule has 0 saturated heterocycles. The van der Waals surface area contributed by atoms with Crippen LogP contribution in [0.15, 0.2) is 30.6 Å². The third kappa shape index (κ3) is 2.47. The molecule has 0 fully saturated rings. The van der Waals surface area contributed by atoms with Crippen molar-refractivity contribution in [3.8, 4) is 0 Å². The van der Waals surface area contributed by atoms with Crippen LogP contribution in [-0.2, 0) is 9.53 Å². The number of ketones is 1. The lowest BCUT2D eigenvalue weighted by atomic mass is 10.0. The molecule has 20 heavy (non-hydrogen) atoms. The third-order valence-corrected chi connectivity index (χ3v) is 2.55. The molecule has 0 radical (unpaired) electrons. The molecule has 0 unspecified atom stereocenters. The van der Waals surface area contributed by atoms with Crippen LogP contribution < -0.4 is 0 Å². The Morgan fingerprint density at radius 1 is 1.20 bits per heavy atom. The van der Waals surface area contributed by atoms with Gasteiger partial charge in [0, 0.05) is 18.0 Å². The molecule has 1 heterocycles. The number of nitrogens with zero attached hydrogens (tertiary/aromatic N) is 2. The summed E-state index contributed by atoms with van der Waals surface area (Å²) in [6.07, 6.45) is 2.82. The number of hydrogen-bond acceptors (Lipinski definition) is 5. The van der Waals surface area contributed by atoms with Crippen molar-refractivity contribution >= 4 is 22.8 Å². The van der Waals surface area contributed by atoms with E-state index in [9.17, 15) is 18.4 Å². The molecule has 0 saturated carbocycles. The van der Waals surface area contributed by atoms with E-state index in [0.717, 1.165) is 6.07 Å². The zero-order valence-corrected chi connectivity index (χ0v) is 10.5. The Hall–Kier alpha value is -2.44. The first-order valence-electron chi connectivity index (χ1n) is 5.77. The summed E-state index contributed by atoms with van der Waals surface area (Å²) in [6.45, 7) is 1.15. The Kier molecular flexibility index (Phi) is 3.69. The maximum Gasteiger partial charge on any atom is 0.404 e. The van der Waals surface area contributed by atoms with E-state index < -0.39 is 17.7 Å². The average molecular weight is 280 g/mol. The number of Topliss-reactive ketones (excluding diaryl/α,β-unsaturated/α-hetero) is 1. The number of carbonyl (C=O) groups excluding carboxylic acids is 2. The predicted octanol–water partition coefficient (Wildman–Crippen LogP) is 2.01. The largest absolute Gasteiger partial charge is 0.461 e. The van der Waals surface area contributed by atoms with Gasteiger partial charge < -0.3 is 4.74 Å². The van der Waals surface area contributed by atoms with Gasteiger partial charge in [-0.05, 0) is 25.1 Å². The Morgan fingerprint density at radius 3 is 2.50 bits per heavy atom. The number of hydrogen-bond donors (Lipinski definition) is 0. The van der Waals surface area contributed by atoms with E-state index >= 15 is 0 Å². The summed E-state index contributed by atoms with van der Waals surface area (Å²) in [4.78, 5) is 30.7. The van der Waals surface area contributed by atoms with Gasteiger partial charge >= 0.3 is 11.9 Å². The summed E-state index contributed by atoms with van der Waals surface area (Å²) in [5.74, 6) is -7.70. The van der Waals surface area contributed by atoms with Crippen molar-refractivity contribution in [2.45, 2.75) is 12.8 Å².